The van der Waals surface area contributed by atoms with E-state index in [0.29, 0.717) is 13.0 Å². The van der Waals surface area contributed by atoms with Gasteiger partial charge in [0.1, 0.15) is 5.54 Å². The van der Waals surface area contributed by atoms with Gasteiger partial charge in [-0.05, 0) is 26.7 Å². The number of nitrogens with zero attached hydrogens (tertiary/aromatic N) is 1. The second-order valence-corrected chi connectivity index (χ2v) is 3.67. The maximum Gasteiger partial charge on any atom is 0.325 e. The minimum atomic E-state index is -0.909. The van der Waals surface area contributed by atoms with Crippen molar-refractivity contribution in [2.75, 3.05) is 13.7 Å². The van der Waals surface area contributed by atoms with Crippen LogP contribution in [0.4, 0.5) is 0 Å². The molecule has 3 N–H and O–H groups in total. The Balaban J connectivity index is 3.76. The average molecular weight is 227 g/mol. The topological polar surface area (TPSA) is 76.7 Å². The summed E-state index contributed by atoms with van der Waals surface area (Å²) >= 11 is 0. The van der Waals surface area contributed by atoms with Gasteiger partial charge in [0.25, 0.3) is 0 Å². The zero-order valence-corrected chi connectivity index (χ0v) is 10.2. The molecule has 0 radical (unpaired) electrons. The number of hydrogen-bond acceptors (Lipinski definition) is 5. The van der Waals surface area contributed by atoms with Gasteiger partial charge in [0.15, 0.2) is 0 Å². The number of nitrogens with one attached hydrogen (secondary N) is 1. The molecule has 0 aromatic rings. The van der Waals surface area contributed by atoms with Crippen molar-refractivity contribution < 1.29 is 9.53 Å². The lowest BCUT2D eigenvalue weighted by Gasteiger charge is -2.20. The highest BCUT2D eigenvalue weighted by Gasteiger charge is 2.27. The highest BCUT2D eigenvalue weighted by Crippen LogP contribution is 2.10. The summed E-state index contributed by atoms with van der Waals surface area (Å²) in [6.45, 7) is 4.18. The summed E-state index contributed by atoms with van der Waals surface area (Å²) in [5.74, 6) is -0.380. The third-order valence-electron chi connectivity index (χ3n) is 2.08. The van der Waals surface area contributed by atoms with Gasteiger partial charge in [-0.15, -0.1) is 0 Å². The van der Waals surface area contributed by atoms with E-state index >= 15 is 0 Å². The molecule has 16 heavy (non-hydrogen) atoms. The lowest BCUT2D eigenvalue weighted by Crippen LogP contribution is -2.45. The first kappa shape index (κ1) is 14.6. The van der Waals surface area contributed by atoms with E-state index in [1.165, 1.54) is 7.11 Å². The predicted molar refractivity (Wildman–Crippen MR) is 65.2 cm³/mol. The molecule has 0 aliphatic heterocycles. The number of hydrogen-bond donors (Lipinski definition) is 2. The monoisotopic (exact) mass is 227 g/mol. The van der Waals surface area contributed by atoms with Crippen molar-refractivity contribution in [1.82, 2.24) is 5.43 Å². The van der Waals surface area contributed by atoms with Crippen LogP contribution in [0.5, 0.6) is 0 Å². The summed E-state index contributed by atoms with van der Waals surface area (Å²) < 4.78 is 4.61. The predicted octanol–water partition coefficient (Wildman–Crippen LogP) is 0.809. The van der Waals surface area contributed by atoms with E-state index in [-0.39, 0.29) is 5.97 Å². The zero-order chi connectivity index (χ0) is 12.4. The normalized spacial score (nSPS) is 15.2. The molecule has 5 heteroatoms. The molecule has 0 spiro atoms. The first-order chi connectivity index (χ1) is 7.54. The van der Waals surface area contributed by atoms with Gasteiger partial charge in [-0.2, -0.15) is 5.10 Å². The Morgan fingerprint density at radius 1 is 1.56 bits per heavy atom. The number of carbonyl (C=O) groups excluding carboxylic acids is 1. The molecule has 1 atom stereocenters. The van der Waals surface area contributed by atoms with Gasteiger partial charge in [-0.3, -0.25) is 4.79 Å². The molecule has 5 nitrogen and oxygen atoms in total. The van der Waals surface area contributed by atoms with Crippen molar-refractivity contribution in [2.24, 2.45) is 10.8 Å². The van der Waals surface area contributed by atoms with Crippen LogP contribution in [0.3, 0.4) is 0 Å². The van der Waals surface area contributed by atoms with Crippen LogP contribution in [0, 0.1) is 0 Å². The van der Waals surface area contributed by atoms with E-state index in [0.717, 1.165) is 6.42 Å². The molecule has 0 aliphatic carbocycles. The van der Waals surface area contributed by atoms with E-state index in [2.05, 4.69) is 15.3 Å². The number of nitrogens with two attached hydrogens (primary N) is 1. The maximum absolute atomic E-state index is 11.2. The number of methoxy groups -OCH3 is 1. The molecule has 0 aliphatic rings. The van der Waals surface area contributed by atoms with Crippen molar-refractivity contribution in [3.63, 3.8) is 0 Å². The lowest BCUT2D eigenvalue weighted by molar-refractivity contribution is -0.146. The fourth-order valence-corrected chi connectivity index (χ4v) is 1.12. The van der Waals surface area contributed by atoms with Crippen LogP contribution in [-0.4, -0.2) is 31.4 Å². The maximum atomic E-state index is 11.2. The van der Waals surface area contributed by atoms with Crippen molar-refractivity contribution >= 4 is 12.2 Å². The third kappa shape index (κ3) is 6.19. The number of esters is 1. The number of carbonyl (C=O) groups is 1. The number of ether oxygens (including phenoxy) is 1. The first-order valence-corrected chi connectivity index (χ1v) is 5.27. The second kappa shape index (κ2) is 7.87. The Kier molecular flexibility index (Phi) is 7.20. The van der Waals surface area contributed by atoms with Crippen LogP contribution in [0.1, 0.15) is 26.7 Å². The second-order valence-electron chi connectivity index (χ2n) is 3.67. The van der Waals surface area contributed by atoms with E-state index in [4.69, 9.17) is 5.73 Å². The molecule has 0 saturated heterocycles. The van der Waals surface area contributed by atoms with Gasteiger partial charge in [0.2, 0.25) is 0 Å². The third-order valence-corrected chi connectivity index (χ3v) is 2.08. The summed E-state index contributed by atoms with van der Waals surface area (Å²) in [7, 11) is 1.34. The van der Waals surface area contributed by atoms with E-state index in [9.17, 15) is 4.79 Å². The highest BCUT2D eigenvalue weighted by molar-refractivity contribution is 5.79. The van der Waals surface area contributed by atoms with Gasteiger partial charge in [0.05, 0.1) is 13.7 Å². The Bertz CT molecular complexity index is 260. The average Bonchev–Trinajstić information content (AvgIpc) is 2.26. The minimum Gasteiger partial charge on any atom is -0.468 e. The van der Waals surface area contributed by atoms with Crippen molar-refractivity contribution in [3.05, 3.63) is 12.2 Å². The molecule has 92 valence electrons. The number of hydrazone groups is 1. The van der Waals surface area contributed by atoms with Gasteiger partial charge < -0.3 is 15.9 Å². The Morgan fingerprint density at radius 3 is 2.81 bits per heavy atom. The molecule has 0 amide bonds. The van der Waals surface area contributed by atoms with Gasteiger partial charge >= 0.3 is 5.97 Å². The first-order valence-electron chi connectivity index (χ1n) is 5.27. The Morgan fingerprint density at radius 2 is 2.25 bits per heavy atom. The summed E-state index contributed by atoms with van der Waals surface area (Å²) in [4.78, 5) is 11.2. The van der Waals surface area contributed by atoms with E-state index < -0.39 is 5.54 Å². The summed E-state index contributed by atoms with van der Waals surface area (Å²) in [5.41, 5.74) is 7.70. The minimum absolute atomic E-state index is 0.380. The van der Waals surface area contributed by atoms with Crippen LogP contribution in [0.25, 0.3) is 0 Å². The van der Waals surface area contributed by atoms with E-state index in [1.54, 1.807) is 13.1 Å². The summed E-state index contributed by atoms with van der Waals surface area (Å²) in [6.07, 6.45) is 6.89. The van der Waals surface area contributed by atoms with Crippen LogP contribution in [0.2, 0.25) is 0 Å². The Hall–Kier alpha value is -1.36. The fraction of sp³-hybridized carbons (Fsp3) is 0.636. The van der Waals surface area contributed by atoms with Crippen LogP contribution in [0.15, 0.2) is 17.3 Å². The molecular formula is C11H21N3O2. The molecule has 0 fully saturated rings. The van der Waals surface area contributed by atoms with Gasteiger partial charge in [-0.25, -0.2) is 0 Å². The number of rotatable bonds is 7. The van der Waals surface area contributed by atoms with Crippen molar-refractivity contribution in [1.29, 1.82) is 0 Å². The lowest BCUT2D eigenvalue weighted by atomic mass is 9.97. The summed E-state index contributed by atoms with van der Waals surface area (Å²) in [6, 6.07) is 0. The number of allylic oxidation sites excluding steroid dienone is 1. The molecule has 0 unspecified atom stereocenters. The largest absolute Gasteiger partial charge is 0.468 e. The molecule has 0 heterocycles. The van der Waals surface area contributed by atoms with Gasteiger partial charge in [-0.1, -0.05) is 12.2 Å². The zero-order valence-electron chi connectivity index (χ0n) is 10.2. The SMILES string of the molecule is C/C=N/NC/C=C/CC[C@](C)(N)C(=O)OC. The molecule has 0 rings (SSSR count). The molecule has 0 saturated carbocycles. The van der Waals surface area contributed by atoms with Crippen LogP contribution in [-0.2, 0) is 9.53 Å². The quantitative estimate of drug-likeness (QED) is 0.222. The van der Waals surface area contributed by atoms with Gasteiger partial charge in [0, 0.05) is 6.21 Å². The Labute approximate surface area is 96.7 Å². The molecule has 0 aromatic heterocycles. The van der Waals surface area contributed by atoms with E-state index in [1.807, 2.05) is 19.1 Å². The standard InChI is InChI=1S/C11H21N3O2/c1-4-13-14-9-7-5-6-8-11(2,12)10(15)16-3/h4-5,7,14H,6,8-9,12H2,1-3H3/b7-5+,13-4+/t11-/m0/s1. The molecule has 0 aromatic carbocycles. The van der Waals surface area contributed by atoms with Crippen LogP contribution < -0.4 is 11.2 Å². The smallest absolute Gasteiger partial charge is 0.325 e. The summed E-state index contributed by atoms with van der Waals surface area (Å²) in [5, 5.41) is 3.83. The fourth-order valence-electron chi connectivity index (χ4n) is 1.12. The highest BCUT2D eigenvalue weighted by atomic mass is 16.5. The van der Waals surface area contributed by atoms with Crippen molar-refractivity contribution in [3.8, 4) is 0 Å². The van der Waals surface area contributed by atoms with Crippen molar-refractivity contribution in [2.45, 2.75) is 32.2 Å². The molecular weight excluding hydrogens is 206 g/mol. The van der Waals surface area contributed by atoms with Crippen LogP contribution >= 0.6 is 0 Å². The molecule has 0 bridgehead atoms.